The van der Waals surface area contributed by atoms with E-state index in [4.69, 9.17) is 15.2 Å². The lowest BCUT2D eigenvalue weighted by atomic mass is 9.76. The number of hydrogen-bond donors (Lipinski definition) is 3. The molecular formula is C26H30F3N7O4. The van der Waals surface area contributed by atoms with Crippen LogP contribution in [0.2, 0.25) is 0 Å². The third kappa shape index (κ3) is 5.62. The van der Waals surface area contributed by atoms with Crippen molar-refractivity contribution in [2.45, 2.75) is 44.5 Å². The average Bonchev–Trinajstić information content (AvgIpc) is 3.53. The number of aliphatic carboxylic acids is 1. The van der Waals surface area contributed by atoms with Crippen LogP contribution in [-0.2, 0) is 4.79 Å². The number of rotatable bonds is 7. The molecule has 0 bridgehead atoms. The number of nitrogen functional groups attached to an aromatic ring is 1. The van der Waals surface area contributed by atoms with Crippen LogP contribution in [0.3, 0.4) is 0 Å². The van der Waals surface area contributed by atoms with Crippen LogP contribution in [0.15, 0.2) is 36.5 Å². The Kier molecular flexibility index (Phi) is 7.21. The summed E-state index contributed by atoms with van der Waals surface area (Å²) in [5.74, 6) is -0.712. The topological polar surface area (TPSA) is 141 Å². The highest BCUT2D eigenvalue weighted by Gasteiger charge is 2.46. The van der Waals surface area contributed by atoms with Crippen molar-refractivity contribution in [2.75, 3.05) is 37.4 Å². The number of aromatic nitrogens is 4. The molecule has 4 N–H and O–H groups in total. The summed E-state index contributed by atoms with van der Waals surface area (Å²) in [5.41, 5.74) is 6.34. The molecule has 1 unspecified atom stereocenters. The normalized spacial score (nSPS) is 19.5. The van der Waals surface area contributed by atoms with Gasteiger partial charge in [-0.3, -0.25) is 4.79 Å². The molecule has 214 valence electrons. The summed E-state index contributed by atoms with van der Waals surface area (Å²) in [4.78, 5) is 21.5. The zero-order valence-electron chi connectivity index (χ0n) is 22.0. The van der Waals surface area contributed by atoms with Crippen LogP contribution in [0.1, 0.15) is 36.6 Å². The van der Waals surface area contributed by atoms with E-state index in [0.29, 0.717) is 56.2 Å². The van der Waals surface area contributed by atoms with Crippen molar-refractivity contribution >= 4 is 17.7 Å². The highest BCUT2D eigenvalue weighted by molar-refractivity contribution is 5.74. The van der Waals surface area contributed by atoms with Gasteiger partial charge in [-0.25, -0.2) is 4.68 Å². The van der Waals surface area contributed by atoms with Gasteiger partial charge in [-0.2, -0.15) is 28.2 Å². The Hall–Kier alpha value is -4.07. The van der Waals surface area contributed by atoms with Crippen molar-refractivity contribution < 1.29 is 32.5 Å². The summed E-state index contributed by atoms with van der Waals surface area (Å²) >= 11 is 0. The number of nitrogens with zero attached hydrogens (tertiary/aromatic N) is 5. The van der Waals surface area contributed by atoms with E-state index in [1.54, 1.807) is 19.2 Å². The number of anilines is 2. The van der Waals surface area contributed by atoms with Crippen LogP contribution in [0.5, 0.6) is 11.6 Å². The maximum Gasteiger partial charge on any atom is 0.429 e. The first kappa shape index (κ1) is 27.5. The number of nitrogens with one attached hydrogen (secondary N) is 1. The fraction of sp³-hybridized carbons (Fsp3) is 0.462. The summed E-state index contributed by atoms with van der Waals surface area (Å²) in [7, 11) is 1.42. The first-order chi connectivity index (χ1) is 19.0. The molecule has 2 fully saturated rings. The minimum Gasteiger partial charge on any atom is -0.497 e. The summed E-state index contributed by atoms with van der Waals surface area (Å²) in [6, 6.07) is 6.62. The lowest BCUT2D eigenvalue weighted by Gasteiger charge is -2.39. The maximum atomic E-state index is 14.5. The third-order valence-electron chi connectivity index (χ3n) is 7.54. The smallest absolute Gasteiger partial charge is 0.429 e. The Morgan fingerprint density at radius 1 is 1.23 bits per heavy atom. The van der Waals surface area contributed by atoms with Gasteiger partial charge in [-0.1, -0.05) is 0 Å². The van der Waals surface area contributed by atoms with Gasteiger partial charge in [0.1, 0.15) is 17.6 Å². The van der Waals surface area contributed by atoms with E-state index in [-0.39, 0.29) is 28.5 Å². The number of nitrogens with two attached hydrogens (primary N) is 1. The lowest BCUT2D eigenvalue weighted by Crippen LogP contribution is -2.41. The highest BCUT2D eigenvalue weighted by Crippen LogP contribution is 2.42. The third-order valence-corrected chi connectivity index (χ3v) is 7.54. The zero-order valence-corrected chi connectivity index (χ0v) is 22.0. The predicted octanol–water partition coefficient (Wildman–Crippen LogP) is 3.28. The molecule has 2 aliphatic heterocycles. The molecule has 2 aliphatic rings. The molecule has 2 atom stereocenters. The van der Waals surface area contributed by atoms with Gasteiger partial charge in [0.05, 0.1) is 18.5 Å². The number of carbonyl (C=O) groups is 1. The van der Waals surface area contributed by atoms with Crippen molar-refractivity contribution in [1.29, 1.82) is 0 Å². The predicted molar refractivity (Wildman–Crippen MR) is 139 cm³/mol. The molecule has 0 aliphatic carbocycles. The number of ether oxygens (including phenoxy) is 2. The Bertz CT molecular complexity index is 1390. The van der Waals surface area contributed by atoms with Gasteiger partial charge in [-0.15, -0.1) is 0 Å². The first-order valence-electron chi connectivity index (χ1n) is 12.8. The molecule has 2 aromatic heterocycles. The molecule has 0 radical (unpaired) electrons. The van der Waals surface area contributed by atoms with Crippen molar-refractivity contribution in [3.05, 3.63) is 47.8 Å². The van der Waals surface area contributed by atoms with Gasteiger partial charge in [0, 0.05) is 43.5 Å². The molecule has 1 spiro atoms. The summed E-state index contributed by atoms with van der Waals surface area (Å²) in [6.07, 6.45) is -3.70. The molecule has 5 rings (SSSR count). The number of methoxy groups -OCH3 is 1. The molecule has 2 saturated heterocycles. The van der Waals surface area contributed by atoms with E-state index in [9.17, 15) is 23.1 Å². The second-order valence-corrected chi connectivity index (χ2v) is 10.3. The van der Waals surface area contributed by atoms with Gasteiger partial charge in [0.15, 0.2) is 0 Å². The molecule has 40 heavy (non-hydrogen) atoms. The minimum absolute atomic E-state index is 0.142. The molecule has 14 heteroatoms. The number of hydrogen-bond acceptors (Lipinski definition) is 9. The number of piperidine rings is 1. The standard InChI is InChI=1S/C26H30F3N7O4/c1-15-5-8-36(34-15)19-11-16(39-2)3-4-17(19)22(26(27,28)29)40-21-12-20(32-24(30)33-21)35-9-6-25(7-10-35)13-18(23(37)38)31-14-25/h3-5,8,11-12,18,22,31H,6-7,9-10,13-14H2,1-2H3,(H,37,38)(H2,30,32,33)/t18?,22-/m1/s1. The van der Waals surface area contributed by atoms with E-state index >= 15 is 0 Å². The maximum absolute atomic E-state index is 14.5. The molecule has 11 nitrogen and oxygen atoms in total. The number of benzene rings is 1. The number of alkyl halides is 3. The van der Waals surface area contributed by atoms with E-state index in [1.807, 2.05) is 4.90 Å². The van der Waals surface area contributed by atoms with Gasteiger partial charge in [0.2, 0.25) is 17.9 Å². The fourth-order valence-corrected chi connectivity index (χ4v) is 5.38. The molecule has 3 aromatic rings. The lowest BCUT2D eigenvalue weighted by molar-refractivity contribution is -0.198. The Morgan fingerprint density at radius 3 is 2.58 bits per heavy atom. The largest absolute Gasteiger partial charge is 0.497 e. The number of carboxylic acid groups (broad SMARTS) is 1. The number of aryl methyl sites for hydroxylation is 1. The second kappa shape index (κ2) is 10.5. The van der Waals surface area contributed by atoms with Crippen LogP contribution in [0.25, 0.3) is 5.69 Å². The number of halogens is 3. The van der Waals surface area contributed by atoms with Gasteiger partial charge in [-0.05, 0) is 49.8 Å². The van der Waals surface area contributed by atoms with Crippen LogP contribution >= 0.6 is 0 Å². The van der Waals surface area contributed by atoms with Crippen molar-refractivity contribution in [2.24, 2.45) is 5.41 Å². The summed E-state index contributed by atoms with van der Waals surface area (Å²) < 4.78 is 55.5. The van der Waals surface area contributed by atoms with E-state index in [1.165, 1.54) is 36.1 Å². The van der Waals surface area contributed by atoms with Crippen molar-refractivity contribution in [3.63, 3.8) is 0 Å². The first-order valence-corrected chi connectivity index (χ1v) is 12.8. The Labute approximate surface area is 228 Å². The second-order valence-electron chi connectivity index (χ2n) is 10.3. The summed E-state index contributed by atoms with van der Waals surface area (Å²) in [5, 5.41) is 16.7. The van der Waals surface area contributed by atoms with Crippen LogP contribution in [-0.4, -0.2) is 69.8 Å². The van der Waals surface area contributed by atoms with Crippen molar-refractivity contribution in [3.8, 4) is 17.3 Å². The van der Waals surface area contributed by atoms with E-state index in [0.717, 1.165) is 0 Å². The van der Waals surface area contributed by atoms with E-state index < -0.39 is 24.3 Å². The summed E-state index contributed by atoms with van der Waals surface area (Å²) in [6.45, 7) is 3.41. The van der Waals surface area contributed by atoms with Gasteiger partial charge < -0.3 is 30.5 Å². The zero-order chi connectivity index (χ0) is 28.7. The monoisotopic (exact) mass is 561 g/mol. The quantitative estimate of drug-likeness (QED) is 0.394. The fourth-order valence-electron chi connectivity index (χ4n) is 5.38. The van der Waals surface area contributed by atoms with Crippen molar-refractivity contribution in [1.82, 2.24) is 25.1 Å². The van der Waals surface area contributed by atoms with Crippen LogP contribution in [0.4, 0.5) is 24.9 Å². The Balaban J connectivity index is 1.41. The molecule has 0 saturated carbocycles. The highest BCUT2D eigenvalue weighted by atomic mass is 19.4. The average molecular weight is 562 g/mol. The molecule has 1 aromatic carbocycles. The SMILES string of the molecule is COc1ccc([C@@H](Oc2cc(N3CCC4(CC3)CNC(C(=O)O)C4)nc(N)n2)C(F)(F)F)c(-n2ccc(C)n2)c1. The van der Waals surface area contributed by atoms with Crippen LogP contribution < -0.4 is 25.4 Å². The van der Waals surface area contributed by atoms with E-state index in [2.05, 4.69) is 20.4 Å². The van der Waals surface area contributed by atoms with Crippen LogP contribution in [0, 0.1) is 12.3 Å². The molecular weight excluding hydrogens is 531 g/mol. The van der Waals surface area contributed by atoms with Gasteiger partial charge in [0.25, 0.3) is 0 Å². The molecule has 0 amide bonds. The minimum atomic E-state index is -4.81. The van der Waals surface area contributed by atoms with Gasteiger partial charge >= 0.3 is 12.1 Å². The molecule has 4 heterocycles. The Morgan fingerprint density at radius 2 is 1.98 bits per heavy atom. The number of carboxylic acids is 1.